The summed E-state index contributed by atoms with van der Waals surface area (Å²) in [5.41, 5.74) is 6.74. The minimum absolute atomic E-state index is 0.938. The summed E-state index contributed by atoms with van der Waals surface area (Å²) in [5, 5.41) is 0. The summed E-state index contributed by atoms with van der Waals surface area (Å²) in [6.45, 7) is 4.46. The Morgan fingerprint density at radius 3 is 2.42 bits per heavy atom. The quantitative estimate of drug-likeness (QED) is 0.564. The fourth-order valence-corrected chi connectivity index (χ4v) is 3.36. The first kappa shape index (κ1) is 16.6. The predicted molar refractivity (Wildman–Crippen MR) is 101 cm³/mol. The van der Waals surface area contributed by atoms with E-state index in [0.717, 1.165) is 24.1 Å². The molecule has 0 aliphatic rings. The molecule has 1 aromatic carbocycles. The number of rotatable bonds is 7. The van der Waals surface area contributed by atoms with Gasteiger partial charge in [-0.2, -0.15) is 0 Å². The van der Waals surface area contributed by atoms with E-state index in [-0.39, 0.29) is 0 Å². The van der Waals surface area contributed by atoms with Gasteiger partial charge >= 0.3 is 0 Å². The molecular formula is C22H27NO. The van der Waals surface area contributed by atoms with Crippen molar-refractivity contribution in [1.82, 2.24) is 4.40 Å². The maximum Gasteiger partial charge on any atom is 0.142 e. The first-order valence-corrected chi connectivity index (χ1v) is 9.00. The smallest absolute Gasteiger partial charge is 0.142 e. The van der Waals surface area contributed by atoms with Gasteiger partial charge in [0.25, 0.3) is 0 Å². The van der Waals surface area contributed by atoms with Crippen molar-refractivity contribution in [3.8, 4) is 5.75 Å². The summed E-state index contributed by atoms with van der Waals surface area (Å²) in [4.78, 5) is 0. The van der Waals surface area contributed by atoms with Crippen LogP contribution in [0.4, 0.5) is 0 Å². The minimum Gasteiger partial charge on any atom is -0.495 e. The number of benzene rings is 1. The van der Waals surface area contributed by atoms with Crippen molar-refractivity contribution in [2.75, 3.05) is 7.11 Å². The first-order chi connectivity index (χ1) is 11.8. The largest absolute Gasteiger partial charge is 0.495 e. The Morgan fingerprint density at radius 2 is 1.75 bits per heavy atom. The van der Waals surface area contributed by atoms with Crippen LogP contribution in [0, 0.1) is 0 Å². The second-order valence-electron chi connectivity index (χ2n) is 6.40. The molecule has 0 fully saturated rings. The van der Waals surface area contributed by atoms with Crippen LogP contribution in [0.3, 0.4) is 0 Å². The summed E-state index contributed by atoms with van der Waals surface area (Å²) in [6.07, 6.45) is 7.83. The van der Waals surface area contributed by atoms with Gasteiger partial charge in [0.1, 0.15) is 5.75 Å². The zero-order valence-electron chi connectivity index (χ0n) is 15.0. The van der Waals surface area contributed by atoms with Crippen LogP contribution in [0.1, 0.15) is 49.1 Å². The summed E-state index contributed by atoms with van der Waals surface area (Å²) < 4.78 is 7.80. The van der Waals surface area contributed by atoms with Crippen molar-refractivity contribution in [2.45, 2.75) is 46.0 Å². The third kappa shape index (κ3) is 3.33. The Labute approximate surface area is 145 Å². The number of pyridine rings is 1. The van der Waals surface area contributed by atoms with Crippen molar-refractivity contribution in [3.63, 3.8) is 0 Å². The molecule has 0 saturated heterocycles. The molecule has 0 unspecified atom stereocenters. The summed E-state index contributed by atoms with van der Waals surface area (Å²) in [6, 6.07) is 15.5. The highest BCUT2D eigenvalue weighted by atomic mass is 16.5. The van der Waals surface area contributed by atoms with Gasteiger partial charge in [0.15, 0.2) is 0 Å². The third-order valence-corrected chi connectivity index (χ3v) is 4.78. The van der Waals surface area contributed by atoms with Crippen LogP contribution in [-0.2, 0) is 19.3 Å². The molecule has 24 heavy (non-hydrogen) atoms. The van der Waals surface area contributed by atoms with E-state index >= 15 is 0 Å². The number of unbranched alkanes of at least 4 members (excludes halogenated alkanes) is 1. The SMILES string of the molecule is CCCCc1ccc(Cc2c(CC)cc3c(OC)cccn23)cc1. The molecule has 0 aliphatic heterocycles. The lowest BCUT2D eigenvalue weighted by atomic mass is 10.0. The molecule has 0 bridgehead atoms. The molecule has 0 spiro atoms. The Morgan fingerprint density at radius 1 is 1.00 bits per heavy atom. The molecule has 2 heteroatoms. The first-order valence-electron chi connectivity index (χ1n) is 9.00. The van der Waals surface area contributed by atoms with Gasteiger partial charge in [-0.25, -0.2) is 0 Å². The Kier molecular flexibility index (Phi) is 5.24. The van der Waals surface area contributed by atoms with Crippen molar-refractivity contribution in [1.29, 1.82) is 0 Å². The van der Waals surface area contributed by atoms with Gasteiger partial charge in [-0.05, 0) is 54.2 Å². The Bertz CT molecular complexity index is 799. The summed E-state index contributed by atoms with van der Waals surface area (Å²) in [5.74, 6) is 0.938. The summed E-state index contributed by atoms with van der Waals surface area (Å²) in [7, 11) is 1.74. The number of ether oxygens (including phenoxy) is 1. The molecule has 0 saturated carbocycles. The van der Waals surface area contributed by atoms with Crippen molar-refractivity contribution in [3.05, 3.63) is 71.0 Å². The lowest BCUT2D eigenvalue weighted by molar-refractivity contribution is 0.418. The highest BCUT2D eigenvalue weighted by molar-refractivity contribution is 5.64. The average Bonchev–Trinajstić information content (AvgIpc) is 2.99. The van der Waals surface area contributed by atoms with Crippen LogP contribution in [-0.4, -0.2) is 11.5 Å². The highest BCUT2D eigenvalue weighted by Crippen LogP contribution is 2.27. The van der Waals surface area contributed by atoms with E-state index < -0.39 is 0 Å². The predicted octanol–water partition coefficient (Wildman–Crippen LogP) is 5.44. The number of aromatic nitrogens is 1. The molecule has 126 valence electrons. The molecule has 0 radical (unpaired) electrons. The second-order valence-corrected chi connectivity index (χ2v) is 6.40. The van der Waals surface area contributed by atoms with Gasteiger partial charge in [0.2, 0.25) is 0 Å². The molecule has 3 aromatic rings. The maximum absolute atomic E-state index is 5.52. The Balaban J connectivity index is 1.91. The number of hydrogen-bond donors (Lipinski definition) is 0. The molecule has 3 rings (SSSR count). The number of methoxy groups -OCH3 is 1. The van der Waals surface area contributed by atoms with Gasteiger partial charge < -0.3 is 9.14 Å². The van der Waals surface area contributed by atoms with Crippen LogP contribution < -0.4 is 4.74 Å². The second kappa shape index (κ2) is 7.57. The average molecular weight is 321 g/mol. The van der Waals surface area contributed by atoms with E-state index in [2.05, 4.69) is 60.8 Å². The lowest BCUT2D eigenvalue weighted by Crippen LogP contribution is -1.99. The van der Waals surface area contributed by atoms with Gasteiger partial charge in [-0.3, -0.25) is 0 Å². The van der Waals surface area contributed by atoms with Crippen molar-refractivity contribution >= 4 is 5.52 Å². The molecule has 2 nitrogen and oxygen atoms in total. The Hall–Kier alpha value is -2.22. The number of fused-ring (bicyclic) bond motifs is 1. The van der Waals surface area contributed by atoms with Gasteiger partial charge in [0.05, 0.1) is 12.6 Å². The van der Waals surface area contributed by atoms with E-state index in [9.17, 15) is 0 Å². The topological polar surface area (TPSA) is 13.6 Å². The van der Waals surface area contributed by atoms with E-state index in [1.54, 1.807) is 7.11 Å². The fraction of sp³-hybridized carbons (Fsp3) is 0.364. The van der Waals surface area contributed by atoms with E-state index in [0.29, 0.717) is 0 Å². The molecule has 2 aromatic heterocycles. The van der Waals surface area contributed by atoms with Crippen LogP contribution in [0.25, 0.3) is 5.52 Å². The molecule has 2 heterocycles. The number of aryl methyl sites for hydroxylation is 2. The fourth-order valence-electron chi connectivity index (χ4n) is 3.36. The number of hydrogen-bond acceptors (Lipinski definition) is 1. The standard InChI is InChI=1S/C22H27NO/c1-4-6-8-17-10-12-18(13-11-17)15-20-19(5-2)16-21-22(24-3)9-7-14-23(20)21/h7,9-14,16H,4-6,8,15H2,1-3H3. The molecule has 0 N–H and O–H groups in total. The van der Waals surface area contributed by atoms with E-state index in [1.165, 1.54) is 41.6 Å². The summed E-state index contributed by atoms with van der Waals surface area (Å²) >= 11 is 0. The van der Waals surface area contributed by atoms with Crippen LogP contribution in [0.2, 0.25) is 0 Å². The molecule has 0 amide bonds. The molecular weight excluding hydrogens is 294 g/mol. The van der Waals surface area contributed by atoms with Gasteiger partial charge in [-0.15, -0.1) is 0 Å². The normalized spacial score (nSPS) is 11.1. The van der Waals surface area contributed by atoms with E-state index in [4.69, 9.17) is 4.74 Å². The van der Waals surface area contributed by atoms with Gasteiger partial charge in [-0.1, -0.05) is 44.5 Å². The zero-order valence-corrected chi connectivity index (χ0v) is 15.0. The minimum atomic E-state index is 0.938. The van der Waals surface area contributed by atoms with Crippen LogP contribution >= 0.6 is 0 Å². The molecule has 0 aliphatic carbocycles. The monoisotopic (exact) mass is 321 g/mol. The molecule has 0 atom stereocenters. The van der Waals surface area contributed by atoms with Gasteiger partial charge in [0, 0.05) is 18.3 Å². The van der Waals surface area contributed by atoms with Crippen LogP contribution in [0.5, 0.6) is 5.75 Å². The lowest BCUT2D eigenvalue weighted by Gasteiger charge is -2.09. The van der Waals surface area contributed by atoms with E-state index in [1.807, 2.05) is 6.07 Å². The van der Waals surface area contributed by atoms with Crippen molar-refractivity contribution in [2.24, 2.45) is 0 Å². The highest BCUT2D eigenvalue weighted by Gasteiger charge is 2.12. The van der Waals surface area contributed by atoms with Crippen LogP contribution in [0.15, 0.2) is 48.7 Å². The van der Waals surface area contributed by atoms with Crippen molar-refractivity contribution < 1.29 is 4.74 Å². The maximum atomic E-state index is 5.52. The third-order valence-electron chi connectivity index (χ3n) is 4.78. The zero-order chi connectivity index (χ0) is 16.9. The number of nitrogens with zero attached hydrogens (tertiary/aromatic N) is 1.